The van der Waals surface area contributed by atoms with E-state index in [-0.39, 0.29) is 0 Å². The van der Waals surface area contributed by atoms with Crippen LogP contribution < -0.4 is 15.5 Å². The molecule has 0 bridgehead atoms. The van der Waals surface area contributed by atoms with E-state index in [2.05, 4.69) is 61.2 Å². The van der Waals surface area contributed by atoms with Crippen LogP contribution in [0.2, 0.25) is 0 Å². The van der Waals surface area contributed by atoms with Crippen molar-refractivity contribution in [3.05, 3.63) is 46.4 Å². The van der Waals surface area contributed by atoms with Crippen LogP contribution in [-0.2, 0) is 6.42 Å². The molecule has 1 aliphatic rings. The molecule has 2 N–H and O–H groups in total. The van der Waals surface area contributed by atoms with E-state index in [0.717, 1.165) is 49.3 Å². The molecule has 1 saturated heterocycles. The van der Waals surface area contributed by atoms with Gasteiger partial charge in [-0.15, -0.1) is 11.3 Å². The quantitative estimate of drug-likeness (QED) is 0.616. The van der Waals surface area contributed by atoms with Crippen LogP contribution >= 0.6 is 11.3 Å². The molecule has 0 radical (unpaired) electrons. The highest BCUT2D eigenvalue weighted by atomic mass is 32.1. The Balaban J connectivity index is 1.38. The average molecular weight is 358 g/mol. The van der Waals surface area contributed by atoms with Gasteiger partial charge in [0, 0.05) is 50.7 Å². The number of nitrogens with zero attached hydrogens (tertiary/aromatic N) is 3. The van der Waals surface area contributed by atoms with Crippen LogP contribution in [0.5, 0.6) is 0 Å². The van der Waals surface area contributed by atoms with Gasteiger partial charge in [0.2, 0.25) is 0 Å². The van der Waals surface area contributed by atoms with Gasteiger partial charge in [0.25, 0.3) is 0 Å². The summed E-state index contributed by atoms with van der Waals surface area (Å²) in [6.07, 6.45) is 2.15. The number of guanidine groups is 1. The first-order valence-electron chi connectivity index (χ1n) is 8.90. The summed E-state index contributed by atoms with van der Waals surface area (Å²) < 4.78 is 0. The molecule has 25 heavy (non-hydrogen) atoms. The Morgan fingerprint density at radius 3 is 2.88 bits per heavy atom. The molecule has 2 aromatic rings. The zero-order valence-corrected chi connectivity index (χ0v) is 15.9. The van der Waals surface area contributed by atoms with Crippen molar-refractivity contribution >= 4 is 23.0 Å². The molecule has 0 saturated carbocycles. The topological polar surface area (TPSA) is 52.6 Å². The van der Waals surface area contributed by atoms with E-state index in [1.54, 1.807) is 11.3 Å². The number of aliphatic imine (C=N–C) groups is 1. The number of nitrogens with one attached hydrogen (secondary N) is 2. The van der Waals surface area contributed by atoms with E-state index in [1.165, 1.54) is 12.1 Å². The van der Waals surface area contributed by atoms with Gasteiger partial charge in [-0.05, 0) is 31.4 Å². The van der Waals surface area contributed by atoms with Crippen molar-refractivity contribution in [3.8, 4) is 0 Å². The fourth-order valence-electron chi connectivity index (χ4n) is 3.17. The summed E-state index contributed by atoms with van der Waals surface area (Å²) in [6, 6.07) is 10.7. The summed E-state index contributed by atoms with van der Waals surface area (Å²) in [5.74, 6) is 1.53. The van der Waals surface area contributed by atoms with Gasteiger partial charge in [0.1, 0.15) is 0 Å². The lowest BCUT2D eigenvalue weighted by Gasteiger charge is -2.19. The minimum absolute atomic E-state index is 0.653. The van der Waals surface area contributed by atoms with Crippen LogP contribution in [0.3, 0.4) is 0 Å². The van der Waals surface area contributed by atoms with E-state index in [4.69, 9.17) is 0 Å². The van der Waals surface area contributed by atoms with Crippen molar-refractivity contribution in [2.45, 2.75) is 19.8 Å². The molecule has 134 valence electrons. The highest BCUT2D eigenvalue weighted by molar-refractivity contribution is 7.09. The average Bonchev–Trinajstić information content (AvgIpc) is 3.28. The zero-order valence-electron chi connectivity index (χ0n) is 15.0. The van der Waals surface area contributed by atoms with E-state index in [0.29, 0.717) is 5.92 Å². The van der Waals surface area contributed by atoms with E-state index in [9.17, 15) is 0 Å². The maximum absolute atomic E-state index is 4.49. The Bertz CT molecular complexity index is 682. The Kier molecular flexibility index (Phi) is 6.28. The number of hydrogen-bond acceptors (Lipinski definition) is 4. The van der Waals surface area contributed by atoms with E-state index < -0.39 is 0 Å². The number of thiazole rings is 1. The van der Waals surface area contributed by atoms with Gasteiger partial charge in [0.15, 0.2) is 5.96 Å². The van der Waals surface area contributed by atoms with Crippen LogP contribution in [0.25, 0.3) is 0 Å². The molecule has 1 aliphatic heterocycles. The standard InChI is InChI=1S/C19H27N5S/c1-15-23-17(14-25-15)8-10-21-19(20-2)22-12-16-9-11-24(13-16)18-6-4-3-5-7-18/h3-7,14,16H,8-13H2,1-2H3,(H2,20,21,22). The lowest BCUT2D eigenvalue weighted by atomic mass is 10.1. The second kappa shape index (κ2) is 8.85. The minimum atomic E-state index is 0.653. The predicted octanol–water partition coefficient (Wildman–Crippen LogP) is 2.69. The van der Waals surface area contributed by atoms with Crippen molar-refractivity contribution in [2.75, 3.05) is 38.1 Å². The highest BCUT2D eigenvalue weighted by Gasteiger charge is 2.22. The van der Waals surface area contributed by atoms with Crippen molar-refractivity contribution < 1.29 is 0 Å². The number of hydrogen-bond donors (Lipinski definition) is 2. The Labute approximate surface area is 154 Å². The first-order chi connectivity index (χ1) is 12.2. The highest BCUT2D eigenvalue weighted by Crippen LogP contribution is 2.22. The fourth-order valence-corrected chi connectivity index (χ4v) is 3.81. The molecular weight excluding hydrogens is 330 g/mol. The van der Waals surface area contributed by atoms with Crippen LogP contribution in [0.15, 0.2) is 40.7 Å². The number of benzene rings is 1. The molecule has 2 heterocycles. The SMILES string of the molecule is CN=C(NCCc1csc(C)n1)NCC1CCN(c2ccccc2)C1. The summed E-state index contributed by atoms with van der Waals surface area (Å²) in [4.78, 5) is 11.3. The number of aryl methyl sites for hydroxylation is 1. The van der Waals surface area contributed by atoms with Gasteiger partial charge >= 0.3 is 0 Å². The zero-order chi connectivity index (χ0) is 17.5. The third-order valence-electron chi connectivity index (χ3n) is 4.53. The molecule has 1 fully saturated rings. The smallest absolute Gasteiger partial charge is 0.190 e. The van der Waals surface area contributed by atoms with Crippen LogP contribution in [0, 0.1) is 12.8 Å². The molecule has 1 atom stereocenters. The van der Waals surface area contributed by atoms with Gasteiger partial charge in [-0.25, -0.2) is 4.98 Å². The number of para-hydroxylation sites is 1. The third kappa shape index (κ3) is 5.19. The first-order valence-corrected chi connectivity index (χ1v) is 9.78. The molecule has 1 aromatic carbocycles. The van der Waals surface area contributed by atoms with E-state index >= 15 is 0 Å². The second-order valence-corrected chi connectivity index (χ2v) is 7.49. The van der Waals surface area contributed by atoms with Crippen LogP contribution in [0.1, 0.15) is 17.1 Å². The third-order valence-corrected chi connectivity index (χ3v) is 5.35. The Hall–Kier alpha value is -2.08. The van der Waals surface area contributed by atoms with Gasteiger partial charge in [-0.2, -0.15) is 0 Å². The molecule has 0 amide bonds. The summed E-state index contributed by atoms with van der Waals surface area (Å²) in [6.45, 7) is 6.09. The van der Waals surface area contributed by atoms with Crippen LogP contribution in [-0.4, -0.2) is 44.2 Å². The van der Waals surface area contributed by atoms with Crippen molar-refractivity contribution in [2.24, 2.45) is 10.9 Å². The Morgan fingerprint density at radius 2 is 2.16 bits per heavy atom. The van der Waals surface area contributed by atoms with Gasteiger partial charge in [-0.1, -0.05) is 18.2 Å². The second-order valence-electron chi connectivity index (χ2n) is 6.42. The molecule has 0 aliphatic carbocycles. The lowest BCUT2D eigenvalue weighted by molar-refractivity contribution is 0.565. The van der Waals surface area contributed by atoms with E-state index in [1.807, 2.05) is 14.0 Å². The molecule has 0 spiro atoms. The maximum atomic E-state index is 4.49. The molecule has 5 nitrogen and oxygen atoms in total. The lowest BCUT2D eigenvalue weighted by Crippen LogP contribution is -2.41. The molecule has 1 unspecified atom stereocenters. The Morgan fingerprint density at radius 1 is 1.32 bits per heavy atom. The normalized spacial score (nSPS) is 17.8. The summed E-state index contributed by atoms with van der Waals surface area (Å²) in [5, 5.41) is 10.1. The van der Waals surface area contributed by atoms with Gasteiger partial charge in [-0.3, -0.25) is 4.99 Å². The molecule has 3 rings (SSSR count). The van der Waals surface area contributed by atoms with Crippen molar-refractivity contribution in [1.82, 2.24) is 15.6 Å². The monoisotopic (exact) mass is 357 g/mol. The first kappa shape index (κ1) is 17.7. The van der Waals surface area contributed by atoms with Crippen LogP contribution in [0.4, 0.5) is 5.69 Å². The number of aromatic nitrogens is 1. The van der Waals surface area contributed by atoms with Crippen molar-refractivity contribution in [1.29, 1.82) is 0 Å². The largest absolute Gasteiger partial charge is 0.371 e. The fraction of sp³-hybridized carbons (Fsp3) is 0.474. The molecular formula is C19H27N5S. The number of anilines is 1. The summed E-state index contributed by atoms with van der Waals surface area (Å²) in [7, 11) is 1.83. The minimum Gasteiger partial charge on any atom is -0.371 e. The van der Waals surface area contributed by atoms with Gasteiger partial charge < -0.3 is 15.5 Å². The molecule has 1 aromatic heterocycles. The number of rotatable bonds is 6. The van der Waals surface area contributed by atoms with Crippen molar-refractivity contribution in [3.63, 3.8) is 0 Å². The predicted molar refractivity (Wildman–Crippen MR) is 107 cm³/mol. The molecule has 6 heteroatoms. The maximum Gasteiger partial charge on any atom is 0.190 e. The summed E-state index contributed by atoms with van der Waals surface area (Å²) >= 11 is 1.70. The summed E-state index contributed by atoms with van der Waals surface area (Å²) in [5.41, 5.74) is 2.48. The van der Waals surface area contributed by atoms with Gasteiger partial charge in [0.05, 0.1) is 10.7 Å².